The number of hydrogen-bond acceptors (Lipinski definition) is 5. The molecule has 1 unspecified atom stereocenters. The molecule has 2 heterocycles. The molecule has 0 spiro atoms. The largest absolute Gasteiger partial charge is 0.370 e. The molecule has 1 amide bonds. The topological polar surface area (TPSA) is 84.1 Å². The molecule has 1 aliphatic heterocycles. The molecule has 1 atom stereocenters. The van der Waals surface area contributed by atoms with Crippen molar-refractivity contribution in [3.05, 3.63) is 17.6 Å². The fourth-order valence-electron chi connectivity index (χ4n) is 2.64. The normalized spacial score (nSPS) is 22.4. The Hall–Kier alpha value is -1.69. The van der Waals surface area contributed by atoms with E-state index in [9.17, 15) is 4.79 Å². The van der Waals surface area contributed by atoms with Gasteiger partial charge in [-0.2, -0.15) is 0 Å². The monoisotopic (exact) mass is 291 g/mol. The molecule has 0 radical (unpaired) electrons. The van der Waals surface area contributed by atoms with Crippen molar-refractivity contribution in [3.8, 4) is 0 Å². The summed E-state index contributed by atoms with van der Waals surface area (Å²) >= 11 is 0. The molecule has 1 fully saturated rings. The van der Waals surface area contributed by atoms with Crippen molar-refractivity contribution in [2.45, 2.75) is 40.2 Å². The lowest BCUT2D eigenvalue weighted by molar-refractivity contribution is -0.126. The molecule has 1 saturated heterocycles. The zero-order valence-corrected chi connectivity index (χ0v) is 13.1. The zero-order chi connectivity index (χ0) is 15.5. The number of amides is 1. The maximum atomic E-state index is 11.5. The van der Waals surface area contributed by atoms with E-state index in [-0.39, 0.29) is 5.91 Å². The summed E-state index contributed by atoms with van der Waals surface area (Å²) in [5.41, 5.74) is 6.01. The van der Waals surface area contributed by atoms with Gasteiger partial charge in [-0.1, -0.05) is 6.92 Å². The van der Waals surface area contributed by atoms with Crippen molar-refractivity contribution in [3.63, 3.8) is 0 Å². The second kappa shape index (κ2) is 6.39. The van der Waals surface area contributed by atoms with Gasteiger partial charge in [-0.15, -0.1) is 0 Å². The smallest absolute Gasteiger partial charge is 0.224 e. The highest BCUT2D eigenvalue weighted by Gasteiger charge is 2.38. The van der Waals surface area contributed by atoms with E-state index in [1.165, 1.54) is 0 Å². The molecule has 2 rings (SSSR count). The fourth-order valence-corrected chi connectivity index (χ4v) is 2.64. The van der Waals surface area contributed by atoms with Crippen molar-refractivity contribution < 1.29 is 4.79 Å². The van der Waals surface area contributed by atoms with Crippen molar-refractivity contribution >= 4 is 11.7 Å². The number of carbonyl (C=O) groups is 1. The van der Waals surface area contributed by atoms with Gasteiger partial charge in [0.1, 0.15) is 11.6 Å². The summed E-state index contributed by atoms with van der Waals surface area (Å²) < 4.78 is 0. The Bertz CT molecular complexity index is 519. The number of nitrogens with one attached hydrogen (secondary N) is 1. The number of hydrogen-bond donors (Lipinski definition) is 2. The minimum atomic E-state index is -0.423. The summed E-state index contributed by atoms with van der Waals surface area (Å²) in [5.74, 6) is 1.44. The minimum absolute atomic E-state index is 0.222. The Morgan fingerprint density at radius 3 is 2.90 bits per heavy atom. The van der Waals surface area contributed by atoms with Crippen molar-refractivity contribution in [1.82, 2.24) is 14.9 Å². The first-order valence-electron chi connectivity index (χ1n) is 7.53. The van der Waals surface area contributed by atoms with Crippen LogP contribution in [-0.2, 0) is 11.3 Å². The molecular formula is C15H25N5O. The van der Waals surface area contributed by atoms with E-state index >= 15 is 0 Å². The van der Waals surface area contributed by atoms with Crippen LogP contribution in [0.3, 0.4) is 0 Å². The summed E-state index contributed by atoms with van der Waals surface area (Å²) in [4.78, 5) is 22.7. The highest BCUT2D eigenvalue weighted by atomic mass is 16.1. The quantitative estimate of drug-likeness (QED) is 0.825. The first-order chi connectivity index (χ1) is 9.93. The van der Waals surface area contributed by atoms with Gasteiger partial charge in [0, 0.05) is 24.8 Å². The van der Waals surface area contributed by atoms with Crippen LogP contribution in [0.1, 0.15) is 38.2 Å². The number of nitrogens with zero attached hydrogens (tertiary/aromatic N) is 3. The molecule has 1 aromatic heterocycles. The Morgan fingerprint density at radius 2 is 2.29 bits per heavy atom. The van der Waals surface area contributed by atoms with E-state index in [1.54, 1.807) is 0 Å². The zero-order valence-electron chi connectivity index (χ0n) is 13.1. The average molecular weight is 291 g/mol. The van der Waals surface area contributed by atoms with Crippen molar-refractivity contribution in [2.24, 2.45) is 11.1 Å². The SMILES string of the molecule is CCCNc1cc(C)nc(CN2CCC(C)(C(N)=O)C2)n1. The van der Waals surface area contributed by atoms with Gasteiger partial charge >= 0.3 is 0 Å². The molecule has 6 heteroatoms. The van der Waals surface area contributed by atoms with Crippen LogP contribution in [0.5, 0.6) is 0 Å². The molecular weight excluding hydrogens is 266 g/mol. The Morgan fingerprint density at radius 1 is 1.52 bits per heavy atom. The highest BCUT2D eigenvalue weighted by Crippen LogP contribution is 2.30. The number of carbonyl (C=O) groups excluding carboxylic acids is 1. The minimum Gasteiger partial charge on any atom is -0.370 e. The van der Waals surface area contributed by atoms with Crippen LogP contribution in [0, 0.1) is 12.3 Å². The summed E-state index contributed by atoms with van der Waals surface area (Å²) in [7, 11) is 0. The van der Waals surface area contributed by atoms with Crippen LogP contribution in [0.15, 0.2) is 6.07 Å². The number of anilines is 1. The fraction of sp³-hybridized carbons (Fsp3) is 0.667. The number of likely N-dealkylation sites (tertiary alicyclic amines) is 1. The van der Waals surface area contributed by atoms with E-state index in [0.29, 0.717) is 13.1 Å². The second-order valence-electron chi connectivity index (χ2n) is 6.12. The maximum Gasteiger partial charge on any atom is 0.224 e. The number of aryl methyl sites for hydroxylation is 1. The summed E-state index contributed by atoms with van der Waals surface area (Å²) in [6.07, 6.45) is 1.86. The number of nitrogens with two attached hydrogens (primary N) is 1. The van der Waals surface area contributed by atoms with Gasteiger partial charge in [-0.05, 0) is 33.2 Å². The highest BCUT2D eigenvalue weighted by molar-refractivity contribution is 5.81. The van der Waals surface area contributed by atoms with Crippen LogP contribution >= 0.6 is 0 Å². The van der Waals surface area contributed by atoms with E-state index in [1.807, 2.05) is 19.9 Å². The van der Waals surface area contributed by atoms with Gasteiger partial charge in [-0.3, -0.25) is 9.69 Å². The van der Waals surface area contributed by atoms with Gasteiger partial charge in [0.05, 0.1) is 12.0 Å². The third kappa shape index (κ3) is 3.91. The Balaban J connectivity index is 2.03. The predicted molar refractivity (Wildman–Crippen MR) is 82.7 cm³/mol. The molecule has 3 N–H and O–H groups in total. The molecule has 0 aliphatic carbocycles. The van der Waals surface area contributed by atoms with E-state index < -0.39 is 5.41 Å². The number of aromatic nitrogens is 2. The van der Waals surface area contributed by atoms with Crippen molar-refractivity contribution in [2.75, 3.05) is 25.0 Å². The lowest BCUT2D eigenvalue weighted by Crippen LogP contribution is -2.37. The third-order valence-corrected chi connectivity index (χ3v) is 3.97. The molecule has 1 aliphatic rings. The average Bonchev–Trinajstić information content (AvgIpc) is 2.78. The molecule has 1 aromatic rings. The van der Waals surface area contributed by atoms with E-state index in [0.717, 1.165) is 43.3 Å². The number of primary amides is 1. The molecule has 0 saturated carbocycles. The summed E-state index contributed by atoms with van der Waals surface area (Å²) in [6, 6.07) is 1.96. The van der Waals surface area contributed by atoms with Gasteiger partial charge in [0.15, 0.2) is 0 Å². The van der Waals surface area contributed by atoms with Crippen LogP contribution in [0.4, 0.5) is 5.82 Å². The van der Waals surface area contributed by atoms with E-state index in [4.69, 9.17) is 5.73 Å². The summed E-state index contributed by atoms with van der Waals surface area (Å²) in [5, 5.41) is 3.29. The molecule has 21 heavy (non-hydrogen) atoms. The molecule has 116 valence electrons. The van der Waals surface area contributed by atoms with Gasteiger partial charge < -0.3 is 11.1 Å². The second-order valence-corrected chi connectivity index (χ2v) is 6.12. The van der Waals surface area contributed by atoms with Gasteiger partial charge in [-0.25, -0.2) is 9.97 Å². The van der Waals surface area contributed by atoms with Crippen LogP contribution < -0.4 is 11.1 Å². The Labute approximate surface area is 126 Å². The van der Waals surface area contributed by atoms with Crippen LogP contribution in [-0.4, -0.2) is 40.4 Å². The predicted octanol–water partition coefficient (Wildman–Crippen LogP) is 1.30. The Kier molecular flexibility index (Phi) is 4.77. The first kappa shape index (κ1) is 15.7. The van der Waals surface area contributed by atoms with Gasteiger partial charge in [0.25, 0.3) is 0 Å². The molecule has 0 aromatic carbocycles. The van der Waals surface area contributed by atoms with E-state index in [2.05, 4.69) is 27.1 Å². The molecule has 6 nitrogen and oxygen atoms in total. The molecule has 0 bridgehead atoms. The lowest BCUT2D eigenvalue weighted by atomic mass is 9.89. The first-order valence-corrected chi connectivity index (χ1v) is 7.53. The lowest BCUT2D eigenvalue weighted by Gasteiger charge is -2.20. The van der Waals surface area contributed by atoms with Gasteiger partial charge in [0.2, 0.25) is 5.91 Å². The number of rotatable bonds is 6. The van der Waals surface area contributed by atoms with Crippen LogP contribution in [0.2, 0.25) is 0 Å². The maximum absolute atomic E-state index is 11.5. The third-order valence-electron chi connectivity index (χ3n) is 3.97. The van der Waals surface area contributed by atoms with Crippen molar-refractivity contribution in [1.29, 1.82) is 0 Å². The summed E-state index contributed by atoms with van der Waals surface area (Å²) in [6.45, 7) is 9.12. The standard InChI is InChI=1S/C15H25N5O/c1-4-6-17-12-8-11(2)18-13(19-12)9-20-7-5-15(3,10-20)14(16)21/h8H,4-7,9-10H2,1-3H3,(H2,16,21)(H,17,18,19). The van der Waals surface area contributed by atoms with Crippen LogP contribution in [0.25, 0.3) is 0 Å².